The van der Waals surface area contributed by atoms with Crippen LogP contribution in [0.5, 0.6) is 5.75 Å². The van der Waals surface area contributed by atoms with Gasteiger partial charge in [-0.25, -0.2) is 0 Å². The maximum absolute atomic E-state index is 11.4. The molecule has 0 N–H and O–H groups in total. The van der Waals surface area contributed by atoms with Crippen molar-refractivity contribution >= 4 is 17.5 Å². The van der Waals surface area contributed by atoms with E-state index in [4.69, 9.17) is 21.6 Å². The zero-order valence-corrected chi connectivity index (χ0v) is 11.2. The van der Waals surface area contributed by atoms with Gasteiger partial charge in [0.05, 0.1) is 13.2 Å². The Hall–Kier alpha value is -1.73. The molecule has 0 bridgehead atoms. The van der Waals surface area contributed by atoms with E-state index in [1.54, 1.807) is 26.3 Å². The van der Waals surface area contributed by atoms with E-state index in [0.29, 0.717) is 18.0 Å². The Morgan fingerprint density at radius 1 is 1.56 bits per heavy atom. The zero-order valence-electron chi connectivity index (χ0n) is 10.4. The summed E-state index contributed by atoms with van der Waals surface area (Å²) in [6.07, 6.45) is 0.542. The number of methoxy groups -OCH3 is 1. The summed E-state index contributed by atoms with van der Waals surface area (Å²) in [5.74, 6) is 0.569. The first-order valence-corrected chi connectivity index (χ1v) is 5.89. The Bertz CT molecular complexity index is 469. The number of hydrogen-bond donors (Lipinski definition) is 0. The molecular formula is C13H15ClN2O2. The van der Waals surface area contributed by atoms with E-state index >= 15 is 0 Å². The Morgan fingerprint density at radius 3 is 2.89 bits per heavy atom. The van der Waals surface area contributed by atoms with E-state index in [9.17, 15) is 4.79 Å². The second kappa shape index (κ2) is 6.87. The minimum atomic E-state index is -0.182. The van der Waals surface area contributed by atoms with Crippen LogP contribution in [-0.2, 0) is 11.2 Å². The molecule has 5 heteroatoms. The molecule has 4 nitrogen and oxygen atoms in total. The van der Waals surface area contributed by atoms with Gasteiger partial charge in [-0.2, -0.15) is 5.26 Å². The maximum atomic E-state index is 11.4. The standard InChI is InChI=1S/C13H15ClN2O2/c1-16(13(17)5-7-15)8-6-10-9-11(14)3-4-12(10)18-2/h3-4,9H,5-6,8H2,1-2H3. The summed E-state index contributed by atoms with van der Waals surface area (Å²) in [6.45, 7) is 0.525. The number of ether oxygens (including phenoxy) is 1. The minimum absolute atomic E-state index is 0.0941. The van der Waals surface area contributed by atoms with Crippen molar-refractivity contribution < 1.29 is 9.53 Å². The van der Waals surface area contributed by atoms with E-state index < -0.39 is 0 Å². The predicted octanol–water partition coefficient (Wildman–Crippen LogP) is 2.26. The van der Waals surface area contributed by atoms with E-state index in [1.807, 2.05) is 12.1 Å². The van der Waals surface area contributed by atoms with Gasteiger partial charge >= 0.3 is 0 Å². The lowest BCUT2D eigenvalue weighted by molar-refractivity contribution is -0.128. The van der Waals surface area contributed by atoms with Crippen molar-refractivity contribution in [1.82, 2.24) is 4.90 Å². The number of halogens is 1. The van der Waals surface area contributed by atoms with Crippen molar-refractivity contribution in [3.63, 3.8) is 0 Å². The lowest BCUT2D eigenvalue weighted by Gasteiger charge is -2.16. The molecule has 0 aliphatic rings. The third-order valence-electron chi connectivity index (χ3n) is 2.62. The van der Waals surface area contributed by atoms with Gasteiger partial charge in [0, 0.05) is 18.6 Å². The number of nitrogens with zero attached hydrogens (tertiary/aromatic N) is 2. The number of rotatable bonds is 5. The van der Waals surface area contributed by atoms with Crippen molar-refractivity contribution in [3.05, 3.63) is 28.8 Å². The second-order valence-electron chi connectivity index (χ2n) is 3.86. The number of benzene rings is 1. The number of amides is 1. The predicted molar refractivity (Wildman–Crippen MR) is 69.6 cm³/mol. The molecule has 0 saturated carbocycles. The van der Waals surface area contributed by atoms with Gasteiger partial charge in [0.15, 0.2) is 0 Å². The summed E-state index contributed by atoms with van der Waals surface area (Å²) in [7, 11) is 3.27. The second-order valence-corrected chi connectivity index (χ2v) is 4.29. The van der Waals surface area contributed by atoms with E-state index in [-0.39, 0.29) is 12.3 Å². The molecule has 0 saturated heterocycles. The molecule has 0 radical (unpaired) electrons. The van der Waals surface area contributed by atoms with Crippen LogP contribution in [0.1, 0.15) is 12.0 Å². The van der Waals surface area contributed by atoms with Crippen molar-refractivity contribution in [3.8, 4) is 11.8 Å². The van der Waals surface area contributed by atoms with Gasteiger partial charge in [-0.15, -0.1) is 0 Å². The van der Waals surface area contributed by atoms with Crippen LogP contribution in [0, 0.1) is 11.3 Å². The van der Waals surface area contributed by atoms with Gasteiger partial charge in [-0.3, -0.25) is 4.79 Å². The number of likely N-dealkylation sites (N-methyl/N-ethyl adjacent to an activating group) is 1. The van der Waals surface area contributed by atoms with Crippen LogP contribution >= 0.6 is 11.6 Å². The van der Waals surface area contributed by atoms with Gasteiger partial charge in [0.2, 0.25) is 5.91 Å². The fraction of sp³-hybridized carbons (Fsp3) is 0.385. The number of hydrogen-bond acceptors (Lipinski definition) is 3. The fourth-order valence-corrected chi connectivity index (χ4v) is 1.75. The molecule has 0 spiro atoms. The Morgan fingerprint density at radius 2 is 2.28 bits per heavy atom. The first kappa shape index (κ1) is 14.3. The van der Waals surface area contributed by atoms with Gasteiger partial charge in [-0.1, -0.05) is 11.6 Å². The zero-order chi connectivity index (χ0) is 13.5. The van der Waals surface area contributed by atoms with Gasteiger partial charge in [0.1, 0.15) is 12.2 Å². The molecule has 0 atom stereocenters. The first-order chi connectivity index (χ1) is 8.58. The highest BCUT2D eigenvalue weighted by molar-refractivity contribution is 6.30. The Labute approximate surface area is 112 Å². The number of nitriles is 1. The SMILES string of the molecule is COc1ccc(Cl)cc1CCN(C)C(=O)CC#N. The summed E-state index contributed by atoms with van der Waals surface area (Å²) in [6, 6.07) is 7.22. The van der Waals surface area contributed by atoms with Gasteiger partial charge < -0.3 is 9.64 Å². The molecule has 1 aromatic carbocycles. The highest BCUT2D eigenvalue weighted by Crippen LogP contribution is 2.23. The molecule has 0 aliphatic carbocycles. The number of carbonyl (C=O) groups is 1. The van der Waals surface area contributed by atoms with Gasteiger partial charge in [0.25, 0.3) is 0 Å². The molecule has 0 fully saturated rings. The molecule has 1 amide bonds. The Kier molecular flexibility index (Phi) is 5.47. The van der Waals surface area contributed by atoms with Crippen molar-refractivity contribution in [1.29, 1.82) is 5.26 Å². The first-order valence-electron chi connectivity index (χ1n) is 5.51. The average molecular weight is 267 g/mol. The summed E-state index contributed by atoms with van der Waals surface area (Å²) < 4.78 is 5.23. The molecule has 0 aromatic heterocycles. The maximum Gasteiger partial charge on any atom is 0.236 e. The molecule has 0 heterocycles. The van der Waals surface area contributed by atoms with Crippen LogP contribution in [0.15, 0.2) is 18.2 Å². The largest absolute Gasteiger partial charge is 0.496 e. The lowest BCUT2D eigenvalue weighted by atomic mass is 10.1. The smallest absolute Gasteiger partial charge is 0.236 e. The monoisotopic (exact) mass is 266 g/mol. The highest BCUT2D eigenvalue weighted by Gasteiger charge is 2.10. The van der Waals surface area contributed by atoms with Crippen molar-refractivity contribution in [2.24, 2.45) is 0 Å². The van der Waals surface area contributed by atoms with Crippen LogP contribution in [0.3, 0.4) is 0 Å². The fourth-order valence-electron chi connectivity index (χ4n) is 1.56. The summed E-state index contributed by atoms with van der Waals surface area (Å²) in [4.78, 5) is 13.0. The highest BCUT2D eigenvalue weighted by atomic mass is 35.5. The minimum Gasteiger partial charge on any atom is -0.496 e. The normalized spacial score (nSPS) is 9.67. The van der Waals surface area contributed by atoms with Crippen LogP contribution in [-0.4, -0.2) is 31.5 Å². The molecule has 1 aromatic rings. The van der Waals surface area contributed by atoms with Crippen LogP contribution in [0.4, 0.5) is 0 Å². The molecule has 0 unspecified atom stereocenters. The van der Waals surface area contributed by atoms with E-state index in [2.05, 4.69) is 0 Å². The average Bonchev–Trinajstić information content (AvgIpc) is 2.36. The van der Waals surface area contributed by atoms with E-state index in [0.717, 1.165) is 11.3 Å². The van der Waals surface area contributed by atoms with Crippen LogP contribution in [0.2, 0.25) is 5.02 Å². The summed E-state index contributed by atoms with van der Waals surface area (Å²) in [5.41, 5.74) is 0.946. The van der Waals surface area contributed by atoms with E-state index in [1.165, 1.54) is 4.90 Å². The Balaban J connectivity index is 2.66. The molecular weight excluding hydrogens is 252 g/mol. The number of carbonyl (C=O) groups excluding carboxylic acids is 1. The quantitative estimate of drug-likeness (QED) is 0.821. The third-order valence-corrected chi connectivity index (χ3v) is 2.85. The molecule has 1 rings (SSSR count). The van der Waals surface area contributed by atoms with Crippen molar-refractivity contribution in [2.75, 3.05) is 20.7 Å². The summed E-state index contributed by atoms with van der Waals surface area (Å²) in [5, 5.41) is 9.09. The lowest BCUT2D eigenvalue weighted by Crippen LogP contribution is -2.28. The summed E-state index contributed by atoms with van der Waals surface area (Å²) >= 11 is 5.92. The van der Waals surface area contributed by atoms with Gasteiger partial charge in [-0.05, 0) is 30.2 Å². The molecule has 18 heavy (non-hydrogen) atoms. The topological polar surface area (TPSA) is 53.3 Å². The van der Waals surface area contributed by atoms with Crippen LogP contribution in [0.25, 0.3) is 0 Å². The van der Waals surface area contributed by atoms with Crippen LogP contribution < -0.4 is 4.74 Å². The third kappa shape index (κ3) is 3.94. The molecule has 0 aliphatic heterocycles. The van der Waals surface area contributed by atoms with Crippen molar-refractivity contribution in [2.45, 2.75) is 12.8 Å². The molecule has 96 valence electrons.